The Balaban J connectivity index is 1.47. The molecule has 33 heavy (non-hydrogen) atoms. The minimum Gasteiger partial charge on any atom is -0.351 e. The number of aromatic nitrogens is 4. The fraction of sp³-hybridized carbons (Fsp3) is 0.250. The van der Waals surface area contributed by atoms with Gasteiger partial charge in [0.25, 0.3) is 5.91 Å². The Kier molecular flexibility index (Phi) is 6.80. The summed E-state index contributed by atoms with van der Waals surface area (Å²) in [5.74, 6) is 0.481. The number of aromatic amines is 1. The molecule has 3 heterocycles. The highest BCUT2D eigenvalue weighted by molar-refractivity contribution is 5.94. The van der Waals surface area contributed by atoms with Crippen molar-refractivity contribution in [3.05, 3.63) is 77.1 Å². The summed E-state index contributed by atoms with van der Waals surface area (Å²) in [6.45, 7) is 7.60. The van der Waals surface area contributed by atoms with Crippen molar-refractivity contribution in [2.45, 2.75) is 13.8 Å². The van der Waals surface area contributed by atoms with Crippen molar-refractivity contribution in [3.8, 4) is 11.3 Å². The summed E-state index contributed by atoms with van der Waals surface area (Å²) in [6, 6.07) is 10.6. The van der Waals surface area contributed by atoms with Crippen molar-refractivity contribution in [3.63, 3.8) is 0 Å². The van der Waals surface area contributed by atoms with E-state index in [-0.39, 0.29) is 11.5 Å². The van der Waals surface area contributed by atoms with Gasteiger partial charge in [-0.05, 0) is 43.4 Å². The molecule has 0 unspecified atom stereocenters. The minimum atomic E-state index is -0.180. The number of likely N-dealkylation sites (N-methyl/N-ethyl adjacent to an activating group) is 1. The van der Waals surface area contributed by atoms with Crippen LogP contribution in [0.15, 0.2) is 66.0 Å². The molecule has 0 atom stereocenters. The van der Waals surface area contributed by atoms with Crippen molar-refractivity contribution in [1.29, 1.82) is 0 Å². The molecule has 0 radical (unpaired) electrons. The van der Waals surface area contributed by atoms with E-state index in [1.807, 2.05) is 28.8 Å². The maximum Gasteiger partial charge on any atom is 0.251 e. The van der Waals surface area contributed by atoms with Crippen LogP contribution in [0.2, 0.25) is 0 Å². The number of benzene rings is 1. The zero-order chi connectivity index (χ0) is 23.2. The maximum absolute atomic E-state index is 12.4. The van der Waals surface area contributed by atoms with Crippen LogP contribution >= 0.6 is 0 Å². The molecule has 0 spiro atoms. The zero-order valence-corrected chi connectivity index (χ0v) is 18.7. The number of hydrogen-bond donors (Lipinski definition) is 3. The maximum atomic E-state index is 12.4. The number of amides is 1. The molecule has 1 amide bonds. The van der Waals surface area contributed by atoms with Gasteiger partial charge in [0.2, 0.25) is 5.56 Å². The van der Waals surface area contributed by atoms with Gasteiger partial charge >= 0.3 is 0 Å². The van der Waals surface area contributed by atoms with Gasteiger partial charge in [-0.2, -0.15) is 0 Å². The monoisotopic (exact) mass is 445 g/mol. The smallest absolute Gasteiger partial charge is 0.251 e. The second kappa shape index (κ2) is 10.1. The zero-order valence-electron chi connectivity index (χ0n) is 18.7. The molecule has 3 N–H and O–H groups in total. The van der Waals surface area contributed by atoms with Gasteiger partial charge in [0.05, 0.1) is 11.9 Å². The number of nitrogens with one attached hydrogen (secondary N) is 3. The van der Waals surface area contributed by atoms with Crippen LogP contribution in [0.25, 0.3) is 16.9 Å². The van der Waals surface area contributed by atoms with Crippen LogP contribution in [-0.4, -0.2) is 56.3 Å². The standard InChI is InChI=1S/C24H27N7O2/c1-3-30(4-2)13-11-27-24(33)17-5-7-19(8-6-17)29-22-23-26-12-14-31(23)20(16-28-22)18-9-10-25-21(32)15-18/h5-10,12,14-16H,3-4,11,13H2,1-2H3,(H,25,32)(H,27,33)(H,28,29). The molecule has 4 rings (SSSR count). The van der Waals surface area contributed by atoms with Crippen LogP contribution in [0.3, 0.4) is 0 Å². The summed E-state index contributed by atoms with van der Waals surface area (Å²) in [6.07, 6.45) is 6.81. The summed E-state index contributed by atoms with van der Waals surface area (Å²) < 4.78 is 1.88. The fourth-order valence-corrected chi connectivity index (χ4v) is 3.64. The van der Waals surface area contributed by atoms with Gasteiger partial charge in [0.15, 0.2) is 11.5 Å². The topological polar surface area (TPSA) is 107 Å². The number of fused-ring (bicyclic) bond motifs is 1. The average molecular weight is 446 g/mol. The quantitative estimate of drug-likeness (QED) is 0.366. The summed E-state index contributed by atoms with van der Waals surface area (Å²) in [5, 5.41) is 6.22. The van der Waals surface area contributed by atoms with E-state index in [1.54, 1.807) is 30.7 Å². The average Bonchev–Trinajstić information content (AvgIpc) is 3.33. The Morgan fingerprint density at radius 1 is 1.12 bits per heavy atom. The van der Waals surface area contributed by atoms with Gasteiger partial charge in [0, 0.05) is 54.6 Å². The molecule has 9 nitrogen and oxygen atoms in total. The third kappa shape index (κ3) is 5.09. The molecule has 9 heteroatoms. The molecule has 0 bridgehead atoms. The van der Waals surface area contributed by atoms with Crippen LogP contribution in [0.1, 0.15) is 24.2 Å². The molecular formula is C24H27N7O2. The molecule has 0 saturated carbocycles. The van der Waals surface area contributed by atoms with Gasteiger partial charge < -0.3 is 20.5 Å². The van der Waals surface area contributed by atoms with Crippen molar-refractivity contribution >= 4 is 23.1 Å². The first-order valence-electron chi connectivity index (χ1n) is 11.0. The predicted molar refractivity (Wildman–Crippen MR) is 129 cm³/mol. The number of carbonyl (C=O) groups excluding carboxylic acids is 1. The van der Waals surface area contributed by atoms with Crippen molar-refractivity contribution in [1.82, 2.24) is 29.6 Å². The molecule has 0 fully saturated rings. The summed E-state index contributed by atoms with van der Waals surface area (Å²) in [5.41, 5.74) is 3.35. The van der Waals surface area contributed by atoms with E-state index >= 15 is 0 Å². The number of nitrogens with zero attached hydrogens (tertiary/aromatic N) is 4. The molecular weight excluding hydrogens is 418 g/mol. The van der Waals surface area contributed by atoms with Crippen molar-refractivity contribution < 1.29 is 4.79 Å². The highest BCUT2D eigenvalue weighted by Crippen LogP contribution is 2.24. The molecule has 0 aliphatic heterocycles. The lowest BCUT2D eigenvalue weighted by molar-refractivity contribution is 0.0949. The summed E-state index contributed by atoms with van der Waals surface area (Å²) in [7, 11) is 0. The van der Waals surface area contributed by atoms with E-state index < -0.39 is 0 Å². The second-order valence-corrected chi connectivity index (χ2v) is 7.54. The number of H-pyrrole nitrogens is 1. The molecule has 0 saturated heterocycles. The number of rotatable bonds is 9. The van der Waals surface area contributed by atoms with Gasteiger partial charge in [0.1, 0.15) is 0 Å². The Morgan fingerprint density at radius 2 is 1.91 bits per heavy atom. The number of hydrogen-bond acceptors (Lipinski definition) is 6. The summed E-state index contributed by atoms with van der Waals surface area (Å²) in [4.78, 5) is 37.9. The lowest BCUT2D eigenvalue weighted by atomic mass is 10.2. The van der Waals surface area contributed by atoms with Crippen LogP contribution < -0.4 is 16.2 Å². The van der Waals surface area contributed by atoms with E-state index in [9.17, 15) is 9.59 Å². The lowest BCUT2D eigenvalue weighted by Gasteiger charge is -2.18. The van der Waals surface area contributed by atoms with Crippen LogP contribution in [0.5, 0.6) is 0 Å². The SMILES string of the molecule is CCN(CC)CCNC(=O)c1ccc(Nc2ncc(-c3cc[nH]c(=O)c3)n3ccnc23)cc1. The predicted octanol–water partition coefficient (Wildman–Crippen LogP) is 2.90. The van der Waals surface area contributed by atoms with E-state index in [0.717, 1.165) is 36.6 Å². The number of anilines is 2. The first-order valence-corrected chi connectivity index (χ1v) is 11.0. The van der Waals surface area contributed by atoms with Crippen molar-refractivity contribution in [2.24, 2.45) is 0 Å². The highest BCUT2D eigenvalue weighted by atomic mass is 16.1. The Morgan fingerprint density at radius 3 is 2.64 bits per heavy atom. The van der Waals surface area contributed by atoms with Gasteiger partial charge in [-0.3, -0.25) is 14.0 Å². The van der Waals surface area contributed by atoms with E-state index in [0.29, 0.717) is 23.6 Å². The molecule has 0 aliphatic rings. The Bertz CT molecular complexity index is 1290. The largest absolute Gasteiger partial charge is 0.351 e. The van der Waals surface area contributed by atoms with E-state index in [4.69, 9.17) is 0 Å². The van der Waals surface area contributed by atoms with Gasteiger partial charge in [-0.25, -0.2) is 9.97 Å². The molecule has 0 aliphatic carbocycles. The molecule has 3 aromatic heterocycles. The second-order valence-electron chi connectivity index (χ2n) is 7.54. The Hall–Kier alpha value is -3.98. The first kappa shape index (κ1) is 22.2. The molecule has 1 aromatic carbocycles. The van der Waals surface area contributed by atoms with Crippen LogP contribution in [0, 0.1) is 0 Å². The van der Waals surface area contributed by atoms with Gasteiger partial charge in [-0.15, -0.1) is 0 Å². The number of pyridine rings is 1. The third-order valence-corrected chi connectivity index (χ3v) is 5.52. The first-order chi connectivity index (χ1) is 16.1. The fourth-order valence-electron chi connectivity index (χ4n) is 3.64. The van der Waals surface area contributed by atoms with Crippen molar-refractivity contribution in [2.75, 3.05) is 31.5 Å². The lowest BCUT2D eigenvalue weighted by Crippen LogP contribution is -2.34. The van der Waals surface area contributed by atoms with Crippen LogP contribution in [-0.2, 0) is 0 Å². The van der Waals surface area contributed by atoms with E-state index in [2.05, 4.69) is 44.3 Å². The van der Waals surface area contributed by atoms with Crippen LogP contribution in [0.4, 0.5) is 11.5 Å². The highest BCUT2D eigenvalue weighted by Gasteiger charge is 2.12. The summed E-state index contributed by atoms with van der Waals surface area (Å²) >= 11 is 0. The van der Waals surface area contributed by atoms with E-state index in [1.165, 1.54) is 6.07 Å². The normalized spacial score (nSPS) is 11.1. The minimum absolute atomic E-state index is 0.0929. The molecule has 170 valence electrons. The number of carbonyl (C=O) groups is 1. The molecule has 4 aromatic rings. The Labute approximate surface area is 191 Å². The number of imidazole rings is 1. The van der Waals surface area contributed by atoms with Gasteiger partial charge in [-0.1, -0.05) is 13.8 Å². The third-order valence-electron chi connectivity index (χ3n) is 5.52.